The van der Waals surface area contributed by atoms with Crippen LogP contribution in [0.5, 0.6) is 0 Å². The fourth-order valence-corrected chi connectivity index (χ4v) is 3.09. The van der Waals surface area contributed by atoms with Crippen molar-refractivity contribution < 1.29 is 8.42 Å². The van der Waals surface area contributed by atoms with E-state index in [2.05, 4.69) is 26.1 Å². The Kier molecular flexibility index (Phi) is 4.18. The summed E-state index contributed by atoms with van der Waals surface area (Å²) in [6.07, 6.45) is 2.21. The Morgan fingerprint density at radius 2 is 1.87 bits per heavy atom. The van der Waals surface area contributed by atoms with E-state index in [0.717, 1.165) is 19.4 Å². The quantitative estimate of drug-likeness (QED) is 0.706. The van der Waals surface area contributed by atoms with Crippen LogP contribution in [-0.2, 0) is 9.84 Å². The molecule has 90 valence electrons. The Morgan fingerprint density at radius 3 is 2.33 bits per heavy atom. The molecule has 3 nitrogen and oxygen atoms in total. The van der Waals surface area contributed by atoms with E-state index in [0.29, 0.717) is 24.0 Å². The van der Waals surface area contributed by atoms with E-state index in [1.807, 2.05) is 0 Å². The first kappa shape index (κ1) is 13.0. The van der Waals surface area contributed by atoms with Crippen LogP contribution in [0.15, 0.2) is 0 Å². The van der Waals surface area contributed by atoms with Gasteiger partial charge in [-0.15, -0.1) is 0 Å². The molecule has 4 heteroatoms. The molecule has 0 bridgehead atoms. The van der Waals surface area contributed by atoms with Crippen LogP contribution in [0.3, 0.4) is 0 Å². The van der Waals surface area contributed by atoms with E-state index in [1.165, 1.54) is 0 Å². The SMILES string of the molecule is CC(C)(C)CNCCS(=O)(=O)CC1CC1. The van der Waals surface area contributed by atoms with Gasteiger partial charge in [0.25, 0.3) is 0 Å². The summed E-state index contributed by atoms with van der Waals surface area (Å²) < 4.78 is 23.1. The maximum Gasteiger partial charge on any atom is 0.151 e. The monoisotopic (exact) mass is 233 g/mol. The van der Waals surface area contributed by atoms with Crippen molar-refractivity contribution in [1.29, 1.82) is 0 Å². The Balaban J connectivity index is 2.13. The molecule has 0 heterocycles. The average molecular weight is 233 g/mol. The Bertz CT molecular complexity index is 286. The molecule has 0 atom stereocenters. The van der Waals surface area contributed by atoms with E-state index >= 15 is 0 Å². The normalized spacial score (nSPS) is 18.1. The fourth-order valence-electron chi connectivity index (χ4n) is 1.42. The Labute approximate surface area is 93.6 Å². The van der Waals surface area contributed by atoms with Gasteiger partial charge in [0.2, 0.25) is 0 Å². The van der Waals surface area contributed by atoms with E-state index < -0.39 is 9.84 Å². The second kappa shape index (κ2) is 4.83. The molecular weight excluding hydrogens is 210 g/mol. The highest BCUT2D eigenvalue weighted by atomic mass is 32.2. The lowest BCUT2D eigenvalue weighted by atomic mass is 9.97. The smallest absolute Gasteiger partial charge is 0.151 e. The van der Waals surface area contributed by atoms with Crippen molar-refractivity contribution in [3.63, 3.8) is 0 Å². The largest absolute Gasteiger partial charge is 0.315 e. The molecule has 1 N–H and O–H groups in total. The summed E-state index contributed by atoms with van der Waals surface area (Å²) in [5.41, 5.74) is 0.222. The molecule has 1 aliphatic rings. The number of nitrogens with one attached hydrogen (secondary N) is 1. The van der Waals surface area contributed by atoms with Gasteiger partial charge in [0.05, 0.1) is 11.5 Å². The van der Waals surface area contributed by atoms with Crippen molar-refractivity contribution in [2.24, 2.45) is 11.3 Å². The molecule has 0 aromatic heterocycles. The number of hydrogen-bond donors (Lipinski definition) is 1. The molecule has 0 aromatic rings. The summed E-state index contributed by atoms with van der Waals surface area (Å²) in [5.74, 6) is 1.17. The molecular formula is C11H23NO2S. The second-order valence-electron chi connectivity index (χ2n) is 5.80. The van der Waals surface area contributed by atoms with Gasteiger partial charge in [-0.2, -0.15) is 0 Å². The van der Waals surface area contributed by atoms with Gasteiger partial charge < -0.3 is 5.32 Å². The summed E-state index contributed by atoms with van der Waals surface area (Å²) in [4.78, 5) is 0. The van der Waals surface area contributed by atoms with Gasteiger partial charge in [-0.05, 0) is 24.2 Å². The molecule has 0 spiro atoms. The van der Waals surface area contributed by atoms with Crippen LogP contribution < -0.4 is 5.32 Å². The Morgan fingerprint density at radius 1 is 1.27 bits per heavy atom. The highest BCUT2D eigenvalue weighted by molar-refractivity contribution is 7.91. The van der Waals surface area contributed by atoms with Crippen molar-refractivity contribution in [3.05, 3.63) is 0 Å². The lowest BCUT2D eigenvalue weighted by Gasteiger charge is -2.18. The molecule has 15 heavy (non-hydrogen) atoms. The Hall–Kier alpha value is -0.0900. The third kappa shape index (κ3) is 6.90. The standard InChI is InChI=1S/C11H23NO2S/c1-11(2,3)9-12-6-7-15(13,14)8-10-4-5-10/h10,12H,4-9H2,1-3H3. The molecule has 1 saturated carbocycles. The van der Waals surface area contributed by atoms with Crippen LogP contribution >= 0.6 is 0 Å². The van der Waals surface area contributed by atoms with Gasteiger partial charge in [-0.1, -0.05) is 20.8 Å². The van der Waals surface area contributed by atoms with Crippen LogP contribution in [0.25, 0.3) is 0 Å². The van der Waals surface area contributed by atoms with Gasteiger partial charge in [0, 0.05) is 13.1 Å². The van der Waals surface area contributed by atoms with Crippen LogP contribution in [0.2, 0.25) is 0 Å². The summed E-state index contributed by atoms with van der Waals surface area (Å²) in [7, 11) is -2.80. The summed E-state index contributed by atoms with van der Waals surface area (Å²) in [5, 5.41) is 3.20. The van der Waals surface area contributed by atoms with Gasteiger partial charge >= 0.3 is 0 Å². The predicted octanol–water partition coefficient (Wildman–Crippen LogP) is 1.45. The first-order valence-electron chi connectivity index (χ1n) is 5.70. The number of hydrogen-bond acceptors (Lipinski definition) is 3. The zero-order valence-corrected chi connectivity index (χ0v) is 10.9. The summed E-state index contributed by atoms with van der Waals surface area (Å²) in [6.45, 7) is 7.87. The predicted molar refractivity (Wildman–Crippen MR) is 63.7 cm³/mol. The van der Waals surface area contributed by atoms with Gasteiger partial charge in [0.15, 0.2) is 9.84 Å². The summed E-state index contributed by atoms with van der Waals surface area (Å²) in [6, 6.07) is 0. The van der Waals surface area contributed by atoms with E-state index in [9.17, 15) is 8.42 Å². The van der Waals surface area contributed by atoms with Crippen molar-refractivity contribution in [3.8, 4) is 0 Å². The maximum absolute atomic E-state index is 11.6. The maximum atomic E-state index is 11.6. The van der Waals surface area contributed by atoms with Crippen molar-refractivity contribution in [1.82, 2.24) is 5.32 Å². The van der Waals surface area contributed by atoms with Crippen LogP contribution in [0.4, 0.5) is 0 Å². The zero-order valence-electron chi connectivity index (χ0n) is 10.0. The zero-order chi connectivity index (χ0) is 11.5. The van der Waals surface area contributed by atoms with Crippen LogP contribution in [0, 0.1) is 11.3 Å². The molecule has 0 aromatic carbocycles. The van der Waals surface area contributed by atoms with Crippen molar-refractivity contribution >= 4 is 9.84 Å². The van der Waals surface area contributed by atoms with E-state index in [1.54, 1.807) is 0 Å². The lowest BCUT2D eigenvalue weighted by Crippen LogP contribution is -2.31. The van der Waals surface area contributed by atoms with Crippen LogP contribution in [-0.4, -0.2) is 33.0 Å². The average Bonchev–Trinajstić information content (AvgIpc) is 2.79. The molecule has 0 radical (unpaired) electrons. The summed E-state index contributed by atoms with van der Waals surface area (Å²) >= 11 is 0. The van der Waals surface area contributed by atoms with E-state index in [4.69, 9.17) is 0 Å². The molecule has 0 aliphatic heterocycles. The minimum Gasteiger partial charge on any atom is -0.315 e. The van der Waals surface area contributed by atoms with E-state index in [-0.39, 0.29) is 5.41 Å². The van der Waals surface area contributed by atoms with Crippen molar-refractivity contribution in [2.75, 3.05) is 24.6 Å². The third-order valence-corrected chi connectivity index (χ3v) is 4.24. The highest BCUT2D eigenvalue weighted by Crippen LogP contribution is 2.30. The van der Waals surface area contributed by atoms with Crippen molar-refractivity contribution in [2.45, 2.75) is 33.6 Å². The molecule has 0 amide bonds. The topological polar surface area (TPSA) is 46.2 Å². The number of sulfone groups is 1. The minimum absolute atomic E-state index is 0.222. The molecule has 1 fully saturated rings. The number of rotatable bonds is 6. The van der Waals surface area contributed by atoms with Gasteiger partial charge in [0.1, 0.15) is 0 Å². The van der Waals surface area contributed by atoms with Gasteiger partial charge in [-0.25, -0.2) is 8.42 Å². The third-order valence-electron chi connectivity index (χ3n) is 2.43. The molecule has 0 unspecified atom stereocenters. The molecule has 1 aliphatic carbocycles. The van der Waals surface area contributed by atoms with Crippen LogP contribution in [0.1, 0.15) is 33.6 Å². The first-order valence-corrected chi connectivity index (χ1v) is 7.52. The molecule has 1 rings (SSSR count). The minimum atomic E-state index is -2.80. The second-order valence-corrected chi connectivity index (χ2v) is 8.02. The molecule has 0 saturated heterocycles. The highest BCUT2D eigenvalue weighted by Gasteiger charge is 2.27. The first-order chi connectivity index (χ1) is 6.79. The lowest BCUT2D eigenvalue weighted by molar-refractivity contribution is 0.385. The van der Waals surface area contributed by atoms with Gasteiger partial charge in [-0.3, -0.25) is 0 Å². The fraction of sp³-hybridized carbons (Fsp3) is 1.00.